The van der Waals surface area contributed by atoms with Gasteiger partial charge in [-0.15, -0.1) is 6.58 Å². The normalized spacial score (nSPS) is 24.3. The van der Waals surface area contributed by atoms with E-state index in [1.54, 1.807) is 0 Å². The molecule has 1 aromatic rings. The number of hydrogen-bond acceptors (Lipinski definition) is 2. The van der Waals surface area contributed by atoms with Gasteiger partial charge in [0, 0.05) is 30.0 Å². The highest BCUT2D eigenvalue weighted by atomic mass is 15.3. The lowest BCUT2D eigenvalue weighted by atomic mass is 10.1. The third-order valence-electron chi connectivity index (χ3n) is 4.98. The van der Waals surface area contributed by atoms with Crippen LogP contribution in [0.4, 0.5) is 0 Å². The first-order valence-corrected chi connectivity index (χ1v) is 8.24. The van der Waals surface area contributed by atoms with Crippen LogP contribution in [0.1, 0.15) is 24.8 Å². The Morgan fingerprint density at radius 3 is 2.73 bits per heavy atom. The zero-order chi connectivity index (χ0) is 15.5. The van der Waals surface area contributed by atoms with Crippen LogP contribution in [0, 0.1) is 0 Å². The van der Waals surface area contributed by atoms with Crippen molar-refractivity contribution >= 4 is 0 Å². The molecule has 2 heterocycles. The quantitative estimate of drug-likeness (QED) is 0.758. The summed E-state index contributed by atoms with van der Waals surface area (Å²) < 4.78 is 0. The van der Waals surface area contributed by atoms with E-state index in [9.17, 15) is 0 Å². The van der Waals surface area contributed by atoms with Gasteiger partial charge in [-0.3, -0.25) is 0 Å². The molecule has 1 aromatic carbocycles. The second-order valence-electron chi connectivity index (χ2n) is 6.44. The van der Waals surface area contributed by atoms with Gasteiger partial charge in [0.25, 0.3) is 0 Å². The molecule has 0 bridgehead atoms. The van der Waals surface area contributed by atoms with Crippen LogP contribution in [-0.4, -0.2) is 35.0 Å². The Morgan fingerprint density at radius 2 is 2.00 bits per heavy atom. The third kappa shape index (κ3) is 2.96. The van der Waals surface area contributed by atoms with Crippen LogP contribution in [0.25, 0.3) is 0 Å². The highest BCUT2D eigenvalue weighted by Gasteiger charge is 2.37. The first-order valence-electron chi connectivity index (χ1n) is 8.24. The zero-order valence-electron chi connectivity index (χ0n) is 13.4. The molecule has 0 N–H and O–H groups in total. The highest BCUT2D eigenvalue weighted by molar-refractivity contribution is 5.19. The molecule has 0 radical (unpaired) electrons. The molecule has 0 aliphatic carbocycles. The van der Waals surface area contributed by atoms with E-state index in [2.05, 4.69) is 65.9 Å². The Labute approximate surface area is 134 Å². The summed E-state index contributed by atoms with van der Waals surface area (Å²) in [7, 11) is 0. The van der Waals surface area contributed by atoms with E-state index in [4.69, 9.17) is 0 Å². The molecule has 2 atom stereocenters. The Morgan fingerprint density at radius 1 is 1.23 bits per heavy atom. The van der Waals surface area contributed by atoms with Crippen molar-refractivity contribution in [1.29, 1.82) is 0 Å². The predicted molar refractivity (Wildman–Crippen MR) is 93.5 cm³/mol. The van der Waals surface area contributed by atoms with Crippen LogP contribution < -0.4 is 0 Å². The van der Waals surface area contributed by atoms with Gasteiger partial charge in [0.15, 0.2) is 0 Å². The summed E-state index contributed by atoms with van der Waals surface area (Å²) in [5.74, 6) is 0. The van der Waals surface area contributed by atoms with Crippen LogP contribution >= 0.6 is 0 Å². The fourth-order valence-electron chi connectivity index (χ4n) is 3.77. The van der Waals surface area contributed by atoms with E-state index >= 15 is 0 Å². The third-order valence-corrected chi connectivity index (χ3v) is 4.98. The molecule has 0 aromatic heterocycles. The average Bonchev–Trinajstić information content (AvgIpc) is 2.97. The molecular weight excluding hydrogens is 268 g/mol. The Balaban J connectivity index is 1.58. The van der Waals surface area contributed by atoms with Crippen molar-refractivity contribution in [2.45, 2.75) is 37.8 Å². The van der Waals surface area contributed by atoms with Crippen molar-refractivity contribution in [3.8, 4) is 0 Å². The Bertz CT molecular complexity index is 560. The molecule has 2 fully saturated rings. The monoisotopic (exact) mass is 294 g/mol. The summed E-state index contributed by atoms with van der Waals surface area (Å²) in [6.07, 6.45) is 6.60. The summed E-state index contributed by atoms with van der Waals surface area (Å²) in [5, 5.41) is 0. The van der Waals surface area contributed by atoms with Crippen LogP contribution in [0.5, 0.6) is 0 Å². The van der Waals surface area contributed by atoms with Crippen molar-refractivity contribution in [3.05, 3.63) is 73.1 Å². The van der Waals surface area contributed by atoms with Crippen molar-refractivity contribution in [2.75, 3.05) is 13.1 Å². The summed E-state index contributed by atoms with van der Waals surface area (Å²) >= 11 is 0. The lowest BCUT2D eigenvalue weighted by Crippen LogP contribution is -2.49. The van der Waals surface area contributed by atoms with Gasteiger partial charge >= 0.3 is 0 Å². The van der Waals surface area contributed by atoms with Crippen LogP contribution in [0.15, 0.2) is 67.5 Å². The van der Waals surface area contributed by atoms with E-state index in [1.807, 2.05) is 0 Å². The van der Waals surface area contributed by atoms with Gasteiger partial charge in [-0.25, -0.2) is 0 Å². The molecule has 22 heavy (non-hydrogen) atoms. The van der Waals surface area contributed by atoms with Crippen molar-refractivity contribution in [3.63, 3.8) is 0 Å². The fourth-order valence-corrected chi connectivity index (χ4v) is 3.77. The number of piperazine rings is 1. The van der Waals surface area contributed by atoms with Gasteiger partial charge < -0.3 is 9.80 Å². The lowest BCUT2D eigenvalue weighted by Gasteiger charge is -2.44. The second-order valence-corrected chi connectivity index (χ2v) is 6.44. The molecule has 116 valence electrons. The lowest BCUT2D eigenvalue weighted by molar-refractivity contribution is 0.156. The van der Waals surface area contributed by atoms with Gasteiger partial charge in [0.2, 0.25) is 0 Å². The maximum atomic E-state index is 4.33. The molecular formula is C20H26N2. The minimum absolute atomic E-state index is 0.484. The molecule has 2 aliphatic heterocycles. The molecule has 0 amide bonds. The van der Waals surface area contributed by atoms with Gasteiger partial charge in [-0.1, -0.05) is 49.6 Å². The average molecular weight is 294 g/mol. The molecule has 2 nitrogen and oxygen atoms in total. The van der Waals surface area contributed by atoms with E-state index in [1.165, 1.54) is 29.8 Å². The second kappa shape index (κ2) is 6.43. The number of allylic oxidation sites excluding steroid dienone is 1. The molecule has 3 rings (SSSR count). The number of benzene rings is 1. The predicted octanol–water partition coefficient (Wildman–Crippen LogP) is 3.98. The zero-order valence-corrected chi connectivity index (χ0v) is 13.4. The summed E-state index contributed by atoms with van der Waals surface area (Å²) in [4.78, 5) is 4.91. The molecule has 2 heteroatoms. The van der Waals surface area contributed by atoms with Gasteiger partial charge in [0.05, 0.1) is 6.54 Å². The van der Waals surface area contributed by atoms with Crippen molar-refractivity contribution in [2.24, 2.45) is 0 Å². The summed E-state index contributed by atoms with van der Waals surface area (Å²) in [6.45, 7) is 14.6. The SMILES string of the molecule is C=C[C@@H]1CC[C@H]2CN(C(=C)CCc3ccccc3)CC(=C)N21. The molecule has 0 spiro atoms. The largest absolute Gasteiger partial charge is 0.367 e. The van der Waals surface area contributed by atoms with E-state index in [-0.39, 0.29) is 0 Å². The van der Waals surface area contributed by atoms with Gasteiger partial charge in [-0.2, -0.15) is 0 Å². The van der Waals surface area contributed by atoms with E-state index in [0.717, 1.165) is 25.9 Å². The van der Waals surface area contributed by atoms with Crippen LogP contribution in [0.3, 0.4) is 0 Å². The minimum atomic E-state index is 0.484. The first kappa shape index (κ1) is 15.0. The first-order chi connectivity index (χ1) is 10.7. The number of nitrogens with zero attached hydrogens (tertiary/aromatic N) is 2. The molecule has 2 aliphatic rings. The van der Waals surface area contributed by atoms with E-state index < -0.39 is 0 Å². The number of rotatable bonds is 5. The van der Waals surface area contributed by atoms with Crippen molar-refractivity contribution in [1.82, 2.24) is 9.80 Å². The van der Waals surface area contributed by atoms with Crippen LogP contribution in [0.2, 0.25) is 0 Å². The highest BCUT2D eigenvalue weighted by Crippen LogP contribution is 2.34. The van der Waals surface area contributed by atoms with Crippen LogP contribution in [-0.2, 0) is 6.42 Å². The Kier molecular flexibility index (Phi) is 4.37. The Hall–Kier alpha value is -1.96. The topological polar surface area (TPSA) is 6.48 Å². The number of hydrogen-bond donors (Lipinski definition) is 0. The molecule has 0 saturated carbocycles. The summed E-state index contributed by atoms with van der Waals surface area (Å²) in [6, 6.07) is 11.7. The maximum Gasteiger partial charge on any atom is 0.0570 e. The molecule has 0 unspecified atom stereocenters. The smallest absolute Gasteiger partial charge is 0.0570 e. The number of fused-ring (bicyclic) bond motifs is 1. The van der Waals surface area contributed by atoms with E-state index in [0.29, 0.717) is 12.1 Å². The van der Waals surface area contributed by atoms with Gasteiger partial charge in [0.1, 0.15) is 0 Å². The summed E-state index contributed by atoms with van der Waals surface area (Å²) in [5.41, 5.74) is 3.85. The maximum absolute atomic E-state index is 4.33. The molecule has 2 saturated heterocycles. The minimum Gasteiger partial charge on any atom is -0.367 e. The van der Waals surface area contributed by atoms with Gasteiger partial charge in [-0.05, 0) is 31.2 Å². The standard InChI is InChI=1S/C20H26N2/c1-4-19-12-13-20-15-21(14-17(3)22(19)20)16(2)10-11-18-8-6-5-7-9-18/h4-9,19-20H,1-3,10-15H2/t19-,20+/m1/s1. The number of aryl methyl sites for hydroxylation is 1. The van der Waals surface area contributed by atoms with Crippen molar-refractivity contribution < 1.29 is 0 Å². The fraction of sp³-hybridized carbons (Fsp3) is 0.400.